The second-order valence-electron chi connectivity index (χ2n) is 10.7. The maximum atomic E-state index is 12.0. The Balaban J connectivity index is 1.44. The number of nitro groups is 1. The van der Waals surface area contributed by atoms with Crippen molar-refractivity contribution >= 4 is 39.6 Å². The van der Waals surface area contributed by atoms with Crippen LogP contribution in [0.1, 0.15) is 44.4 Å². The van der Waals surface area contributed by atoms with Crippen LogP contribution in [0.15, 0.2) is 63.7 Å². The minimum Gasteiger partial charge on any atom is -0.494 e. The van der Waals surface area contributed by atoms with Crippen molar-refractivity contribution in [3.05, 3.63) is 87.3 Å². The Kier molecular flexibility index (Phi) is 8.34. The largest absolute Gasteiger partial charge is 0.494 e. The summed E-state index contributed by atoms with van der Waals surface area (Å²) >= 11 is -2.30. The van der Waals surface area contributed by atoms with Crippen LogP contribution in [0.25, 0.3) is 16.2 Å². The van der Waals surface area contributed by atoms with Crippen molar-refractivity contribution in [3.8, 4) is 11.4 Å². The number of fused-ring (bicyclic) bond motifs is 1. The zero-order valence-electron chi connectivity index (χ0n) is 24.3. The predicted octanol–water partition coefficient (Wildman–Crippen LogP) is 6.32. The number of para-hydroxylation sites is 1. The smallest absolute Gasteiger partial charge is 0.269 e. The van der Waals surface area contributed by atoms with E-state index >= 15 is 0 Å². The lowest BCUT2D eigenvalue weighted by Crippen LogP contribution is -2.12. The summed E-state index contributed by atoms with van der Waals surface area (Å²) in [5, 5.41) is 32.0. The third kappa shape index (κ3) is 6.09. The molecule has 2 N–H and O–H groups in total. The van der Waals surface area contributed by atoms with E-state index in [9.17, 15) is 18.9 Å². The Bertz CT molecular complexity index is 1940. The van der Waals surface area contributed by atoms with Gasteiger partial charge in [0.05, 0.1) is 40.1 Å². The third-order valence-electron chi connectivity index (χ3n) is 6.57. The molecule has 0 amide bonds. The maximum Gasteiger partial charge on any atom is 0.269 e. The number of aromatic nitrogens is 6. The van der Waals surface area contributed by atoms with Crippen LogP contribution < -0.4 is 4.74 Å². The molecule has 5 rings (SSSR count). The fourth-order valence-electron chi connectivity index (χ4n) is 4.44. The van der Waals surface area contributed by atoms with E-state index in [2.05, 4.69) is 35.4 Å². The lowest BCUT2D eigenvalue weighted by Gasteiger charge is -2.16. The van der Waals surface area contributed by atoms with Gasteiger partial charge in [-0.3, -0.25) is 15.2 Å². The number of nitrogens with zero attached hydrogens (tertiary/aromatic N) is 9. The van der Waals surface area contributed by atoms with Crippen LogP contribution in [-0.2, 0) is 22.9 Å². The second kappa shape index (κ2) is 12.1. The van der Waals surface area contributed by atoms with E-state index in [0.717, 1.165) is 0 Å². The number of non-ortho nitro benzene ring substituents is 1. The number of H-pyrrole nitrogens is 1. The fraction of sp³-hybridized carbons (Fsp3) is 0.286. The molecule has 2 aromatic carbocycles. The molecule has 0 saturated heterocycles. The molecule has 1 unspecified atom stereocenters. The minimum absolute atomic E-state index is 0.00600. The molecule has 226 valence electrons. The first-order chi connectivity index (χ1) is 21.0. The number of benzene rings is 2. The normalized spacial score (nSPS) is 12.5. The highest BCUT2D eigenvalue weighted by Gasteiger charge is 2.27. The Hall–Kier alpha value is -5.27. The topological polar surface area (TPSA) is 183 Å². The molecule has 0 bridgehead atoms. The van der Waals surface area contributed by atoms with E-state index < -0.39 is 21.4 Å². The van der Waals surface area contributed by atoms with Gasteiger partial charge in [0.2, 0.25) is 5.65 Å². The first-order valence-electron chi connectivity index (χ1n) is 13.4. The number of nitro benzene ring substituents is 1. The van der Waals surface area contributed by atoms with Gasteiger partial charge in [0.25, 0.3) is 11.4 Å². The van der Waals surface area contributed by atoms with Crippen molar-refractivity contribution in [2.24, 2.45) is 10.2 Å². The summed E-state index contributed by atoms with van der Waals surface area (Å²) in [6, 6.07) is 12.3. The molecule has 0 saturated carbocycles. The number of azo groups is 1. The first kappa shape index (κ1) is 30.2. The molecule has 0 spiro atoms. The lowest BCUT2D eigenvalue weighted by atomic mass is 9.91. The minimum atomic E-state index is -2.30. The molecule has 44 heavy (non-hydrogen) atoms. The summed E-state index contributed by atoms with van der Waals surface area (Å²) in [7, 11) is 0. The average Bonchev–Trinajstić information content (AvgIpc) is 3.64. The summed E-state index contributed by atoms with van der Waals surface area (Å²) in [6.45, 7) is 15.7. The van der Waals surface area contributed by atoms with Gasteiger partial charge < -0.3 is 9.29 Å². The number of ether oxygens (including phenoxy) is 1. The molecule has 0 radical (unpaired) electrons. The summed E-state index contributed by atoms with van der Waals surface area (Å²) in [6.07, 6.45) is 1.08. The average molecular weight is 617 g/mol. The standard InChI is InChI=1S/C28H28N10O5S/c1-17-23(29-5)27(36(33-17)20-9-6-7-10-21(20)44(41)42)32-31-24-25(28(2,3)4)35-37-26(24)30-22(34-37)11-8-16-43-19-14-12-18(13-15-19)38(39)40/h6-7,9-10,12-15,35H,8,11,16H2,1-4H3,(H,41,42). The summed E-state index contributed by atoms with van der Waals surface area (Å²) in [5.74, 6) is 1.18. The van der Waals surface area contributed by atoms with E-state index in [0.29, 0.717) is 59.4 Å². The molecule has 16 heteroatoms. The zero-order valence-corrected chi connectivity index (χ0v) is 25.1. The van der Waals surface area contributed by atoms with E-state index in [1.807, 2.05) is 20.8 Å². The number of aromatic amines is 1. The monoisotopic (exact) mass is 616 g/mol. The van der Waals surface area contributed by atoms with Crippen LogP contribution in [-0.4, -0.2) is 49.9 Å². The Morgan fingerprint density at radius 3 is 2.55 bits per heavy atom. The highest BCUT2D eigenvalue weighted by molar-refractivity contribution is 7.79. The SMILES string of the molecule is [C-]#[N+]c1c(C)nn(-c2ccccc2S(=O)O)c1N=Nc1c(C(C)(C)C)[nH]n2nc(CCCOc3ccc([N+](=O)[O-])cc3)nc12. The lowest BCUT2D eigenvalue weighted by molar-refractivity contribution is -0.384. The van der Waals surface area contributed by atoms with Crippen LogP contribution in [0.4, 0.5) is 22.9 Å². The van der Waals surface area contributed by atoms with Crippen molar-refractivity contribution in [2.75, 3.05) is 6.61 Å². The Morgan fingerprint density at radius 2 is 1.89 bits per heavy atom. The van der Waals surface area contributed by atoms with Gasteiger partial charge >= 0.3 is 0 Å². The fourth-order valence-corrected chi connectivity index (χ4v) is 4.97. The van der Waals surface area contributed by atoms with Crippen LogP contribution >= 0.6 is 0 Å². The highest BCUT2D eigenvalue weighted by Crippen LogP contribution is 2.39. The van der Waals surface area contributed by atoms with Crippen molar-refractivity contribution in [1.29, 1.82) is 0 Å². The van der Waals surface area contributed by atoms with Crippen LogP contribution in [0, 0.1) is 23.6 Å². The van der Waals surface area contributed by atoms with Crippen molar-refractivity contribution in [2.45, 2.75) is 50.8 Å². The van der Waals surface area contributed by atoms with Crippen LogP contribution in [0.5, 0.6) is 5.75 Å². The Labute approximate surface area is 253 Å². The van der Waals surface area contributed by atoms with E-state index in [1.165, 1.54) is 27.5 Å². The second-order valence-corrected chi connectivity index (χ2v) is 11.7. The van der Waals surface area contributed by atoms with Crippen LogP contribution in [0.3, 0.4) is 0 Å². The van der Waals surface area contributed by atoms with Gasteiger partial charge in [-0.1, -0.05) is 32.9 Å². The van der Waals surface area contributed by atoms with Crippen molar-refractivity contribution in [3.63, 3.8) is 0 Å². The van der Waals surface area contributed by atoms with E-state index in [-0.39, 0.29) is 22.1 Å². The Morgan fingerprint density at radius 1 is 1.16 bits per heavy atom. The highest BCUT2D eigenvalue weighted by atomic mass is 32.2. The summed E-state index contributed by atoms with van der Waals surface area (Å²) in [4.78, 5) is 18.8. The van der Waals surface area contributed by atoms with Crippen LogP contribution in [0.2, 0.25) is 0 Å². The zero-order chi connectivity index (χ0) is 31.6. The van der Waals surface area contributed by atoms with Gasteiger partial charge in [0.1, 0.15) is 5.75 Å². The van der Waals surface area contributed by atoms with Crippen molar-refractivity contribution < 1.29 is 18.4 Å². The molecular formula is C28H28N10O5S. The number of aryl methyl sites for hydroxylation is 2. The molecule has 3 heterocycles. The molecule has 0 fully saturated rings. The molecule has 0 aliphatic heterocycles. The van der Waals surface area contributed by atoms with Gasteiger partial charge in [-0.05, 0) is 37.6 Å². The van der Waals surface area contributed by atoms with E-state index in [4.69, 9.17) is 11.3 Å². The first-order valence-corrected chi connectivity index (χ1v) is 14.5. The van der Waals surface area contributed by atoms with Gasteiger partial charge in [-0.2, -0.15) is 9.73 Å². The number of rotatable bonds is 10. The number of hydrogen-bond acceptors (Lipinski definition) is 9. The molecule has 1 atom stereocenters. The molecule has 5 aromatic rings. The summed E-state index contributed by atoms with van der Waals surface area (Å²) < 4.78 is 30.4. The third-order valence-corrected chi connectivity index (χ3v) is 7.29. The molecule has 15 nitrogen and oxygen atoms in total. The molecule has 3 aromatic heterocycles. The van der Waals surface area contributed by atoms with Gasteiger partial charge in [-0.15, -0.1) is 15.3 Å². The van der Waals surface area contributed by atoms with Gasteiger partial charge in [0.15, 0.2) is 28.4 Å². The quantitative estimate of drug-likeness (QED) is 0.0456. The maximum absolute atomic E-state index is 12.0. The summed E-state index contributed by atoms with van der Waals surface area (Å²) in [5.41, 5.74) is 2.04. The number of nitrogens with one attached hydrogen (secondary N) is 1. The predicted molar refractivity (Wildman–Crippen MR) is 161 cm³/mol. The van der Waals surface area contributed by atoms with E-state index in [1.54, 1.807) is 37.3 Å². The van der Waals surface area contributed by atoms with Crippen molar-refractivity contribution in [1.82, 2.24) is 29.6 Å². The van der Waals surface area contributed by atoms with Gasteiger partial charge in [0, 0.05) is 24.0 Å². The molecule has 0 aliphatic rings. The molecular weight excluding hydrogens is 588 g/mol. The van der Waals surface area contributed by atoms with Gasteiger partial charge in [-0.25, -0.2) is 18.7 Å². The molecule has 0 aliphatic carbocycles. The number of hydrogen-bond donors (Lipinski definition) is 2.